The largest absolute Gasteiger partial charge is 0.459 e. The van der Waals surface area contributed by atoms with Gasteiger partial charge in [-0.15, -0.1) is 0 Å². The van der Waals surface area contributed by atoms with Crippen molar-refractivity contribution in [2.24, 2.45) is 0 Å². The van der Waals surface area contributed by atoms with Crippen LogP contribution in [0.2, 0.25) is 0 Å². The van der Waals surface area contributed by atoms with Crippen LogP contribution in [0.4, 0.5) is 0 Å². The smallest absolute Gasteiger partial charge is 0.244 e. The van der Waals surface area contributed by atoms with Gasteiger partial charge in [-0.2, -0.15) is 0 Å². The number of nitrogens with one attached hydrogen (secondary N) is 2. The fraction of sp³-hybridized carbons (Fsp3) is 0.231. The molecule has 1 amide bonds. The van der Waals surface area contributed by atoms with Crippen molar-refractivity contribution in [2.45, 2.75) is 27.3 Å². The lowest BCUT2D eigenvalue weighted by Crippen LogP contribution is -2.30. The van der Waals surface area contributed by atoms with Gasteiger partial charge < -0.3 is 15.1 Å². The number of aryl methyl sites for hydroxylation is 2. The summed E-state index contributed by atoms with van der Waals surface area (Å²) in [5.74, 6) is -0.153. The summed E-state index contributed by atoms with van der Waals surface area (Å²) < 4.78 is 6.05. The topological polar surface area (TPSA) is 101 Å². The van der Waals surface area contributed by atoms with E-state index in [4.69, 9.17) is 4.42 Å². The van der Waals surface area contributed by atoms with Gasteiger partial charge in [0.1, 0.15) is 11.5 Å². The van der Waals surface area contributed by atoms with Gasteiger partial charge in [-0.1, -0.05) is 6.07 Å². The zero-order valence-electron chi connectivity index (χ0n) is 18.8. The molecule has 0 bridgehead atoms. The third kappa shape index (κ3) is 4.54. The SMILES string of the molecule is Cc1cc2c(cc1C)-c1oc(CNCCNC(=O)/C=C/c3cccnc3)c(C)c1C(=O)C2=O. The Morgan fingerprint density at radius 2 is 1.82 bits per heavy atom. The minimum Gasteiger partial charge on any atom is -0.459 e. The van der Waals surface area contributed by atoms with Gasteiger partial charge in [-0.3, -0.25) is 19.4 Å². The van der Waals surface area contributed by atoms with E-state index in [1.807, 2.05) is 26.0 Å². The summed E-state index contributed by atoms with van der Waals surface area (Å²) in [6.45, 7) is 6.99. The number of hydrogen-bond acceptors (Lipinski definition) is 6. The summed E-state index contributed by atoms with van der Waals surface area (Å²) >= 11 is 0. The number of fused-ring (bicyclic) bond motifs is 3. The Morgan fingerprint density at radius 1 is 1.06 bits per heavy atom. The molecular weight excluding hydrogens is 418 g/mol. The molecule has 0 saturated heterocycles. The van der Waals surface area contributed by atoms with Crippen LogP contribution in [0.5, 0.6) is 0 Å². The molecule has 0 saturated carbocycles. The molecule has 7 nitrogen and oxygen atoms in total. The molecule has 0 atom stereocenters. The maximum Gasteiger partial charge on any atom is 0.244 e. The van der Waals surface area contributed by atoms with Gasteiger partial charge in [0.2, 0.25) is 17.5 Å². The minimum absolute atomic E-state index is 0.198. The number of furan rings is 1. The molecule has 33 heavy (non-hydrogen) atoms. The molecule has 0 aliphatic heterocycles. The van der Waals surface area contributed by atoms with Crippen LogP contribution in [0.15, 0.2) is 47.2 Å². The Kier molecular flexibility index (Phi) is 6.33. The fourth-order valence-corrected chi connectivity index (χ4v) is 3.80. The number of Topliss-reactive ketones (excluding diaryl/α,β-unsaturated/α-hetero) is 2. The van der Waals surface area contributed by atoms with Crippen LogP contribution in [0, 0.1) is 20.8 Å². The van der Waals surface area contributed by atoms with Crippen molar-refractivity contribution >= 4 is 23.5 Å². The summed E-state index contributed by atoms with van der Waals surface area (Å²) in [6, 6.07) is 7.33. The standard InChI is InChI=1S/C26H25N3O4/c1-15-11-19-20(12-16(15)2)26-23(25(32)24(19)31)17(3)21(33-26)14-28-9-10-29-22(30)7-6-18-5-4-8-27-13-18/h4-8,11-13,28H,9-10,14H2,1-3H3,(H,29,30)/b7-6+. The summed E-state index contributed by atoms with van der Waals surface area (Å²) in [5.41, 5.74) is 4.92. The third-order valence-electron chi connectivity index (χ3n) is 5.80. The van der Waals surface area contributed by atoms with Crippen molar-refractivity contribution in [3.63, 3.8) is 0 Å². The van der Waals surface area contributed by atoms with Crippen LogP contribution in [0.3, 0.4) is 0 Å². The van der Waals surface area contributed by atoms with Crippen molar-refractivity contribution in [3.8, 4) is 11.3 Å². The number of pyridine rings is 1. The number of carbonyl (C=O) groups is 3. The highest BCUT2D eigenvalue weighted by molar-refractivity contribution is 6.53. The predicted octanol–water partition coefficient (Wildman–Crippen LogP) is 3.57. The lowest BCUT2D eigenvalue weighted by Gasteiger charge is -2.15. The minimum atomic E-state index is -0.527. The quantitative estimate of drug-likeness (QED) is 0.329. The molecule has 7 heteroatoms. The van der Waals surface area contributed by atoms with Gasteiger partial charge in [0, 0.05) is 48.2 Å². The maximum atomic E-state index is 12.7. The van der Waals surface area contributed by atoms with Crippen LogP contribution in [0.25, 0.3) is 17.4 Å². The predicted molar refractivity (Wildman–Crippen MR) is 125 cm³/mol. The fourth-order valence-electron chi connectivity index (χ4n) is 3.80. The second-order valence-corrected chi connectivity index (χ2v) is 8.08. The van der Waals surface area contributed by atoms with Gasteiger partial charge in [0.05, 0.1) is 12.1 Å². The Bertz CT molecular complexity index is 1270. The number of aromatic nitrogens is 1. The van der Waals surface area contributed by atoms with Crippen LogP contribution in [0.1, 0.15) is 48.7 Å². The first-order chi connectivity index (χ1) is 15.9. The molecule has 0 spiro atoms. The molecule has 0 fully saturated rings. The normalized spacial score (nSPS) is 12.7. The van der Waals surface area contributed by atoms with E-state index in [-0.39, 0.29) is 5.91 Å². The molecule has 1 aromatic carbocycles. The van der Waals surface area contributed by atoms with Crippen molar-refractivity contribution in [2.75, 3.05) is 13.1 Å². The monoisotopic (exact) mass is 443 g/mol. The van der Waals surface area contributed by atoms with E-state index < -0.39 is 11.6 Å². The van der Waals surface area contributed by atoms with E-state index in [0.29, 0.717) is 53.4 Å². The molecule has 2 N–H and O–H groups in total. The average molecular weight is 444 g/mol. The van der Waals surface area contributed by atoms with Crippen LogP contribution >= 0.6 is 0 Å². The van der Waals surface area contributed by atoms with Gasteiger partial charge in [-0.05, 0) is 61.7 Å². The van der Waals surface area contributed by atoms with E-state index in [9.17, 15) is 14.4 Å². The molecule has 2 heterocycles. The Hall–Kier alpha value is -3.84. The number of amides is 1. The van der Waals surface area contributed by atoms with E-state index in [1.54, 1.807) is 37.5 Å². The van der Waals surface area contributed by atoms with Crippen LogP contribution in [-0.2, 0) is 11.3 Å². The number of benzene rings is 1. The highest BCUT2D eigenvalue weighted by atomic mass is 16.3. The van der Waals surface area contributed by atoms with E-state index in [1.165, 1.54) is 6.08 Å². The molecule has 2 aromatic heterocycles. The Labute approximate surface area is 191 Å². The molecule has 4 rings (SSSR count). The zero-order valence-corrected chi connectivity index (χ0v) is 18.8. The maximum absolute atomic E-state index is 12.7. The summed E-state index contributed by atoms with van der Waals surface area (Å²) in [7, 11) is 0. The lowest BCUT2D eigenvalue weighted by atomic mass is 9.85. The van der Waals surface area contributed by atoms with Crippen LogP contribution in [-0.4, -0.2) is 35.5 Å². The molecule has 3 aromatic rings. The molecule has 1 aliphatic rings. The Morgan fingerprint density at radius 3 is 2.55 bits per heavy atom. The highest BCUT2D eigenvalue weighted by Crippen LogP contribution is 2.39. The van der Waals surface area contributed by atoms with E-state index in [2.05, 4.69) is 15.6 Å². The van der Waals surface area contributed by atoms with Gasteiger partial charge >= 0.3 is 0 Å². The van der Waals surface area contributed by atoms with Crippen molar-refractivity contribution < 1.29 is 18.8 Å². The highest BCUT2D eigenvalue weighted by Gasteiger charge is 2.36. The number of carbonyl (C=O) groups excluding carboxylic acids is 3. The second kappa shape index (κ2) is 9.34. The van der Waals surface area contributed by atoms with Crippen molar-refractivity contribution in [3.05, 3.63) is 81.9 Å². The summed E-state index contributed by atoms with van der Waals surface area (Å²) in [4.78, 5) is 41.3. The first kappa shape index (κ1) is 22.4. The summed E-state index contributed by atoms with van der Waals surface area (Å²) in [6.07, 6.45) is 6.52. The van der Waals surface area contributed by atoms with Crippen molar-refractivity contribution in [1.29, 1.82) is 0 Å². The molecule has 0 unspecified atom stereocenters. The van der Waals surface area contributed by atoms with Crippen LogP contribution < -0.4 is 10.6 Å². The first-order valence-corrected chi connectivity index (χ1v) is 10.8. The number of rotatable bonds is 7. The van der Waals surface area contributed by atoms with E-state index in [0.717, 1.165) is 16.7 Å². The van der Waals surface area contributed by atoms with Gasteiger partial charge in [-0.25, -0.2) is 0 Å². The third-order valence-corrected chi connectivity index (χ3v) is 5.80. The van der Waals surface area contributed by atoms with Crippen molar-refractivity contribution in [1.82, 2.24) is 15.6 Å². The molecular formula is C26H25N3O4. The van der Waals surface area contributed by atoms with Gasteiger partial charge in [0.15, 0.2) is 0 Å². The molecule has 1 aliphatic carbocycles. The number of hydrogen-bond donors (Lipinski definition) is 2. The molecule has 0 radical (unpaired) electrons. The average Bonchev–Trinajstić information content (AvgIpc) is 3.14. The zero-order chi connectivity index (χ0) is 23.5. The summed E-state index contributed by atoms with van der Waals surface area (Å²) in [5, 5.41) is 6.01. The lowest BCUT2D eigenvalue weighted by molar-refractivity contribution is -0.116. The second-order valence-electron chi connectivity index (χ2n) is 8.08. The Balaban J connectivity index is 1.38. The van der Waals surface area contributed by atoms with E-state index >= 15 is 0 Å². The molecule has 168 valence electrons. The number of ketones is 2. The first-order valence-electron chi connectivity index (χ1n) is 10.8. The number of nitrogens with zero attached hydrogens (tertiary/aromatic N) is 1. The van der Waals surface area contributed by atoms with Gasteiger partial charge in [0.25, 0.3) is 0 Å².